The van der Waals surface area contributed by atoms with E-state index in [-0.39, 0.29) is 5.41 Å². The summed E-state index contributed by atoms with van der Waals surface area (Å²) in [4.78, 5) is 2.39. The smallest absolute Gasteiger partial charge is 0.0984 e. The summed E-state index contributed by atoms with van der Waals surface area (Å²) in [5.74, 6) is 0.376. The highest BCUT2D eigenvalue weighted by molar-refractivity contribution is 14.1. The molecule has 0 spiro atoms. The van der Waals surface area contributed by atoms with Crippen molar-refractivity contribution < 1.29 is 5.11 Å². The monoisotopic (exact) mass is 539 g/mol. The molecule has 0 bridgehead atoms. The van der Waals surface area contributed by atoms with Gasteiger partial charge in [-0.05, 0) is 67.6 Å². The Labute approximate surface area is 167 Å². The van der Waals surface area contributed by atoms with E-state index < -0.39 is 5.60 Å². The molecular formula is C19H27I2NO. The van der Waals surface area contributed by atoms with Crippen molar-refractivity contribution in [2.75, 3.05) is 20.1 Å². The van der Waals surface area contributed by atoms with E-state index in [4.69, 9.17) is 0 Å². The molecule has 2 nitrogen and oxygen atoms in total. The van der Waals surface area contributed by atoms with Crippen molar-refractivity contribution in [2.24, 2.45) is 11.3 Å². The Morgan fingerprint density at radius 1 is 1.17 bits per heavy atom. The van der Waals surface area contributed by atoms with Gasteiger partial charge >= 0.3 is 0 Å². The van der Waals surface area contributed by atoms with Crippen LogP contribution in [0.15, 0.2) is 12.1 Å². The predicted octanol–water partition coefficient (Wildman–Crippen LogP) is 4.67. The highest BCUT2D eigenvalue weighted by Gasteiger charge is 2.56. The number of likely N-dealkylation sites (tertiary alicyclic amines) is 1. The Morgan fingerprint density at radius 3 is 2.39 bits per heavy atom. The summed E-state index contributed by atoms with van der Waals surface area (Å²) in [5, 5.41) is 12.1. The predicted molar refractivity (Wildman–Crippen MR) is 113 cm³/mol. The standard InChI is InChI=1S/C19H27I2NO/c1-18(2)10-13-4-5-14(11-20)16(12-21)17(13)19(18,23)15-6-8-22(3)9-7-15/h4-5,15,23H,6-12H2,1-3H3. The fourth-order valence-corrected chi connectivity index (χ4v) is 6.36. The molecule has 1 heterocycles. The second-order valence-electron chi connectivity index (χ2n) is 7.91. The summed E-state index contributed by atoms with van der Waals surface area (Å²) in [6, 6.07) is 4.57. The maximum atomic E-state index is 12.1. The minimum Gasteiger partial charge on any atom is -0.384 e. The van der Waals surface area contributed by atoms with E-state index in [1.807, 2.05) is 0 Å². The van der Waals surface area contributed by atoms with Gasteiger partial charge in [0.2, 0.25) is 0 Å². The Balaban J connectivity index is 2.14. The molecule has 1 aliphatic carbocycles. The van der Waals surface area contributed by atoms with Gasteiger partial charge in [0, 0.05) is 14.3 Å². The van der Waals surface area contributed by atoms with Crippen LogP contribution in [-0.2, 0) is 20.9 Å². The molecule has 1 fully saturated rings. The summed E-state index contributed by atoms with van der Waals surface area (Å²) >= 11 is 4.93. The van der Waals surface area contributed by atoms with E-state index in [2.05, 4.69) is 83.1 Å². The van der Waals surface area contributed by atoms with Crippen molar-refractivity contribution in [2.45, 2.75) is 47.6 Å². The van der Waals surface area contributed by atoms with Crippen LogP contribution >= 0.6 is 45.2 Å². The maximum absolute atomic E-state index is 12.1. The zero-order valence-corrected chi connectivity index (χ0v) is 18.6. The molecule has 0 aromatic heterocycles. The first-order chi connectivity index (χ1) is 10.8. The number of fused-ring (bicyclic) bond motifs is 1. The lowest BCUT2D eigenvalue weighted by atomic mass is 9.64. The third-order valence-corrected chi connectivity index (χ3v) is 7.71. The molecule has 2 aliphatic rings. The molecule has 3 rings (SSSR count). The van der Waals surface area contributed by atoms with Gasteiger partial charge in [0.25, 0.3) is 0 Å². The molecule has 128 valence electrons. The lowest BCUT2D eigenvalue weighted by Crippen LogP contribution is -2.49. The first kappa shape index (κ1) is 18.4. The normalized spacial score (nSPS) is 28.1. The van der Waals surface area contributed by atoms with Crippen LogP contribution < -0.4 is 0 Å². The van der Waals surface area contributed by atoms with Gasteiger partial charge in [0.15, 0.2) is 0 Å². The minimum absolute atomic E-state index is 0.0830. The molecular weight excluding hydrogens is 512 g/mol. The van der Waals surface area contributed by atoms with E-state index in [1.54, 1.807) is 0 Å². The quantitative estimate of drug-likeness (QED) is 0.446. The van der Waals surface area contributed by atoms with Gasteiger partial charge in [-0.25, -0.2) is 0 Å². The van der Waals surface area contributed by atoms with Crippen molar-refractivity contribution >= 4 is 45.2 Å². The number of hydrogen-bond acceptors (Lipinski definition) is 2. The van der Waals surface area contributed by atoms with Crippen molar-refractivity contribution in [3.8, 4) is 0 Å². The second-order valence-corrected chi connectivity index (χ2v) is 9.43. The van der Waals surface area contributed by atoms with Crippen molar-refractivity contribution in [1.82, 2.24) is 4.90 Å². The van der Waals surface area contributed by atoms with E-state index in [9.17, 15) is 5.11 Å². The molecule has 1 atom stereocenters. The Morgan fingerprint density at radius 2 is 1.83 bits per heavy atom. The molecule has 1 aromatic rings. The van der Waals surface area contributed by atoms with Crippen LogP contribution in [0.3, 0.4) is 0 Å². The summed E-state index contributed by atoms with van der Waals surface area (Å²) in [6.45, 7) is 6.74. The molecule has 1 aliphatic heterocycles. The topological polar surface area (TPSA) is 23.5 Å². The summed E-state index contributed by atoms with van der Waals surface area (Å²) < 4.78 is 2.01. The third-order valence-electron chi connectivity index (χ3n) is 6.13. The van der Waals surface area contributed by atoms with Gasteiger partial charge < -0.3 is 10.0 Å². The average Bonchev–Trinajstić information content (AvgIpc) is 2.74. The molecule has 1 aromatic carbocycles. The van der Waals surface area contributed by atoms with Gasteiger partial charge in [0.05, 0.1) is 5.60 Å². The van der Waals surface area contributed by atoms with Gasteiger partial charge in [-0.1, -0.05) is 71.2 Å². The molecule has 0 saturated carbocycles. The molecule has 0 radical (unpaired) electrons. The number of aliphatic hydroxyl groups is 1. The number of hydrogen-bond donors (Lipinski definition) is 1. The molecule has 1 unspecified atom stereocenters. The summed E-state index contributed by atoms with van der Waals surface area (Å²) in [5.41, 5.74) is 4.73. The maximum Gasteiger partial charge on any atom is 0.0984 e. The van der Waals surface area contributed by atoms with Crippen LogP contribution in [0, 0.1) is 11.3 Å². The SMILES string of the molecule is CN1CCC(C2(O)c3c(ccc(CI)c3CI)CC2(C)C)CC1. The van der Waals surface area contributed by atoms with Gasteiger partial charge in [-0.2, -0.15) is 0 Å². The lowest BCUT2D eigenvalue weighted by Gasteiger charge is -2.47. The number of benzene rings is 1. The van der Waals surface area contributed by atoms with E-state index in [0.29, 0.717) is 5.92 Å². The van der Waals surface area contributed by atoms with Crippen molar-refractivity contribution in [1.29, 1.82) is 0 Å². The fraction of sp³-hybridized carbons (Fsp3) is 0.684. The second kappa shape index (κ2) is 6.72. The molecule has 1 N–H and O–H groups in total. The van der Waals surface area contributed by atoms with Crippen LogP contribution in [0.5, 0.6) is 0 Å². The van der Waals surface area contributed by atoms with Crippen LogP contribution in [0.1, 0.15) is 48.9 Å². The van der Waals surface area contributed by atoms with Crippen molar-refractivity contribution in [3.05, 3.63) is 34.4 Å². The number of piperidine rings is 1. The highest BCUT2D eigenvalue weighted by Crippen LogP contribution is 2.57. The number of alkyl halides is 2. The Hall–Kier alpha value is 0.600. The van der Waals surface area contributed by atoms with E-state index in [1.165, 1.54) is 22.3 Å². The van der Waals surface area contributed by atoms with E-state index >= 15 is 0 Å². The van der Waals surface area contributed by atoms with Crippen LogP contribution in [0.25, 0.3) is 0 Å². The summed E-state index contributed by atoms with van der Waals surface area (Å²) in [7, 11) is 2.19. The van der Waals surface area contributed by atoms with Gasteiger partial charge in [-0.15, -0.1) is 0 Å². The average molecular weight is 539 g/mol. The number of halogens is 2. The highest BCUT2D eigenvalue weighted by atomic mass is 127. The van der Waals surface area contributed by atoms with Gasteiger partial charge in [-0.3, -0.25) is 0 Å². The molecule has 23 heavy (non-hydrogen) atoms. The largest absolute Gasteiger partial charge is 0.384 e. The molecule has 0 amide bonds. The van der Waals surface area contributed by atoms with E-state index in [0.717, 1.165) is 41.2 Å². The fourth-order valence-electron chi connectivity index (χ4n) is 4.77. The Kier molecular flexibility index (Phi) is 5.38. The number of nitrogens with zero attached hydrogens (tertiary/aromatic N) is 1. The van der Waals surface area contributed by atoms with Crippen LogP contribution in [-0.4, -0.2) is 30.1 Å². The number of rotatable bonds is 3. The zero-order chi connectivity index (χ0) is 16.8. The zero-order valence-electron chi connectivity index (χ0n) is 14.3. The Bertz CT molecular complexity index is 593. The summed E-state index contributed by atoms with van der Waals surface area (Å²) in [6.07, 6.45) is 3.20. The van der Waals surface area contributed by atoms with Gasteiger partial charge in [0.1, 0.15) is 0 Å². The first-order valence-electron chi connectivity index (χ1n) is 8.52. The molecule has 1 saturated heterocycles. The van der Waals surface area contributed by atoms with Crippen LogP contribution in [0.2, 0.25) is 0 Å². The lowest BCUT2D eigenvalue weighted by molar-refractivity contribution is -0.121. The van der Waals surface area contributed by atoms with Crippen molar-refractivity contribution in [3.63, 3.8) is 0 Å². The minimum atomic E-state index is -0.675. The van der Waals surface area contributed by atoms with Crippen LogP contribution in [0.4, 0.5) is 0 Å². The first-order valence-corrected chi connectivity index (χ1v) is 11.6. The third kappa shape index (κ3) is 2.89. The molecule has 4 heteroatoms.